The van der Waals surface area contributed by atoms with Gasteiger partial charge >= 0.3 is 0 Å². The van der Waals surface area contributed by atoms with Gasteiger partial charge in [0, 0.05) is 12.2 Å². The summed E-state index contributed by atoms with van der Waals surface area (Å²) < 4.78 is 39.5. The lowest BCUT2D eigenvalue weighted by molar-refractivity contribution is -0.117. The van der Waals surface area contributed by atoms with Crippen molar-refractivity contribution in [3.63, 3.8) is 0 Å². The minimum Gasteiger partial charge on any atom is -0.325 e. The molecule has 0 fully saturated rings. The maximum absolute atomic E-state index is 13.2. The largest absolute Gasteiger partial charge is 0.325 e. The number of nitrogens with one attached hydrogen (secondary N) is 2. The number of halogens is 1. The molecule has 0 heterocycles. The molecule has 2 N–H and O–H groups in total. The summed E-state index contributed by atoms with van der Waals surface area (Å²) in [6, 6.07) is 10.9. The number of benzene rings is 2. The van der Waals surface area contributed by atoms with Crippen LogP contribution in [0.25, 0.3) is 0 Å². The number of aryl methyl sites for hydroxylation is 1. The summed E-state index contributed by atoms with van der Waals surface area (Å²) >= 11 is 0. The molecule has 140 valence electrons. The van der Waals surface area contributed by atoms with E-state index in [4.69, 9.17) is 0 Å². The van der Waals surface area contributed by atoms with E-state index in [2.05, 4.69) is 10.0 Å². The van der Waals surface area contributed by atoms with Crippen molar-refractivity contribution in [1.29, 1.82) is 0 Å². The van der Waals surface area contributed by atoms with Gasteiger partial charge in [0.15, 0.2) is 0 Å². The van der Waals surface area contributed by atoms with Crippen molar-refractivity contribution in [3.8, 4) is 0 Å². The fraction of sp³-hybridized carbons (Fsp3) is 0.278. The first-order chi connectivity index (χ1) is 12.2. The average molecular weight is 379 g/mol. The smallest absolute Gasteiger partial charge is 0.240 e. The fourth-order valence-electron chi connectivity index (χ4n) is 2.53. The topological polar surface area (TPSA) is 78.5 Å². The van der Waals surface area contributed by atoms with Crippen molar-refractivity contribution in [2.24, 2.45) is 0 Å². The third kappa shape index (κ3) is 5.35. The lowest BCUT2D eigenvalue weighted by Gasteiger charge is -2.17. The van der Waals surface area contributed by atoms with Crippen molar-refractivity contribution in [1.82, 2.24) is 9.62 Å². The van der Waals surface area contributed by atoms with Crippen LogP contribution in [0, 0.1) is 12.7 Å². The molecule has 26 heavy (non-hydrogen) atoms. The molecule has 0 aromatic heterocycles. The highest BCUT2D eigenvalue weighted by molar-refractivity contribution is 7.89. The Hall–Kier alpha value is -2.29. The maximum atomic E-state index is 13.2. The van der Waals surface area contributed by atoms with Gasteiger partial charge in [0.1, 0.15) is 5.82 Å². The molecule has 0 aliphatic carbocycles. The molecule has 0 aliphatic rings. The van der Waals surface area contributed by atoms with Crippen LogP contribution in [-0.4, -0.2) is 39.9 Å². The lowest BCUT2D eigenvalue weighted by Crippen LogP contribution is -2.30. The van der Waals surface area contributed by atoms with E-state index in [1.54, 1.807) is 43.1 Å². The van der Waals surface area contributed by atoms with E-state index in [-0.39, 0.29) is 23.2 Å². The first-order valence-electron chi connectivity index (χ1n) is 7.98. The molecule has 0 saturated heterocycles. The van der Waals surface area contributed by atoms with Gasteiger partial charge in [-0.1, -0.05) is 18.2 Å². The van der Waals surface area contributed by atoms with E-state index in [0.29, 0.717) is 17.8 Å². The molecule has 1 amide bonds. The second kappa shape index (κ2) is 8.39. The molecule has 0 spiro atoms. The van der Waals surface area contributed by atoms with Crippen LogP contribution in [0.15, 0.2) is 47.4 Å². The molecule has 2 aromatic rings. The van der Waals surface area contributed by atoms with Crippen LogP contribution in [0.2, 0.25) is 0 Å². The Labute approximate surface area is 153 Å². The number of hydrogen-bond donors (Lipinski definition) is 2. The van der Waals surface area contributed by atoms with E-state index in [1.165, 1.54) is 25.2 Å². The van der Waals surface area contributed by atoms with Gasteiger partial charge in [-0.2, -0.15) is 0 Å². The van der Waals surface area contributed by atoms with Gasteiger partial charge in [-0.05, 0) is 56.4 Å². The lowest BCUT2D eigenvalue weighted by atomic mass is 10.2. The molecule has 0 atom stereocenters. The van der Waals surface area contributed by atoms with Gasteiger partial charge in [0.25, 0.3) is 0 Å². The third-order valence-electron chi connectivity index (χ3n) is 3.79. The average Bonchev–Trinajstić information content (AvgIpc) is 2.56. The van der Waals surface area contributed by atoms with E-state index in [1.807, 2.05) is 0 Å². The Morgan fingerprint density at radius 2 is 1.92 bits per heavy atom. The summed E-state index contributed by atoms with van der Waals surface area (Å²) in [5.74, 6) is -0.612. The SMILES string of the molecule is CNS(=O)(=O)c1cc(NC(=O)CN(C)Cc2cccc(F)c2)ccc1C. The first kappa shape index (κ1) is 20.0. The zero-order valence-electron chi connectivity index (χ0n) is 14.9. The van der Waals surface area contributed by atoms with Crippen molar-refractivity contribution < 1.29 is 17.6 Å². The normalized spacial score (nSPS) is 11.6. The molecular formula is C18H22FN3O3S. The van der Waals surface area contributed by atoms with Crippen molar-refractivity contribution in [2.45, 2.75) is 18.4 Å². The van der Waals surface area contributed by atoms with Crippen LogP contribution in [0.3, 0.4) is 0 Å². The zero-order chi connectivity index (χ0) is 19.3. The summed E-state index contributed by atoms with van der Waals surface area (Å²) in [6.45, 7) is 2.18. The predicted octanol–water partition coefficient (Wildman–Crippen LogP) is 2.11. The molecule has 0 unspecified atom stereocenters. The Kier molecular flexibility index (Phi) is 6.47. The number of carbonyl (C=O) groups is 1. The van der Waals surface area contributed by atoms with Gasteiger partial charge in [-0.25, -0.2) is 17.5 Å². The number of anilines is 1. The van der Waals surface area contributed by atoms with Gasteiger partial charge in [0.2, 0.25) is 15.9 Å². The fourth-order valence-corrected chi connectivity index (χ4v) is 3.52. The standard InChI is InChI=1S/C18H22FN3O3S/c1-13-7-8-16(10-17(13)26(24,25)20-2)21-18(23)12-22(3)11-14-5-4-6-15(19)9-14/h4-10,20H,11-12H2,1-3H3,(H,21,23). The molecule has 6 nitrogen and oxygen atoms in total. The highest BCUT2D eigenvalue weighted by Crippen LogP contribution is 2.20. The highest BCUT2D eigenvalue weighted by atomic mass is 32.2. The monoisotopic (exact) mass is 379 g/mol. The Balaban J connectivity index is 2.02. The summed E-state index contributed by atoms with van der Waals surface area (Å²) in [5.41, 5.74) is 1.74. The Bertz CT molecular complexity index is 900. The first-order valence-corrected chi connectivity index (χ1v) is 9.46. The van der Waals surface area contributed by atoms with Crippen LogP contribution in [0.5, 0.6) is 0 Å². The molecule has 0 bridgehead atoms. The van der Waals surface area contributed by atoms with E-state index < -0.39 is 10.0 Å². The summed E-state index contributed by atoms with van der Waals surface area (Å²) in [5, 5.41) is 2.69. The summed E-state index contributed by atoms with van der Waals surface area (Å²) in [7, 11) is -0.521. The molecule has 8 heteroatoms. The molecular weight excluding hydrogens is 357 g/mol. The number of likely N-dealkylation sites (N-methyl/N-ethyl adjacent to an activating group) is 1. The van der Waals surface area contributed by atoms with Gasteiger partial charge in [-0.3, -0.25) is 9.69 Å². The number of nitrogens with zero attached hydrogens (tertiary/aromatic N) is 1. The summed E-state index contributed by atoms with van der Waals surface area (Å²) in [6.07, 6.45) is 0. The van der Waals surface area contributed by atoms with E-state index in [9.17, 15) is 17.6 Å². The minimum absolute atomic E-state index is 0.0818. The molecule has 0 radical (unpaired) electrons. The van der Waals surface area contributed by atoms with Crippen molar-refractivity contribution in [3.05, 3.63) is 59.4 Å². The van der Waals surface area contributed by atoms with Crippen LogP contribution in [0.4, 0.5) is 10.1 Å². The van der Waals surface area contributed by atoms with Gasteiger partial charge in [0.05, 0.1) is 11.4 Å². The maximum Gasteiger partial charge on any atom is 0.240 e. The second-order valence-corrected chi connectivity index (χ2v) is 7.89. The minimum atomic E-state index is -3.60. The number of carbonyl (C=O) groups excluding carboxylic acids is 1. The second-order valence-electron chi connectivity index (χ2n) is 6.04. The number of sulfonamides is 1. The summed E-state index contributed by atoms with van der Waals surface area (Å²) in [4.78, 5) is 14.1. The van der Waals surface area contributed by atoms with Crippen LogP contribution in [0.1, 0.15) is 11.1 Å². The Morgan fingerprint density at radius 1 is 1.19 bits per heavy atom. The van der Waals surface area contributed by atoms with Crippen LogP contribution >= 0.6 is 0 Å². The number of hydrogen-bond acceptors (Lipinski definition) is 4. The van der Waals surface area contributed by atoms with Crippen LogP contribution in [-0.2, 0) is 21.4 Å². The van der Waals surface area contributed by atoms with E-state index >= 15 is 0 Å². The molecule has 0 saturated carbocycles. The zero-order valence-corrected chi connectivity index (χ0v) is 15.7. The molecule has 0 aliphatic heterocycles. The van der Waals surface area contributed by atoms with Crippen molar-refractivity contribution >= 4 is 21.6 Å². The predicted molar refractivity (Wildman–Crippen MR) is 98.8 cm³/mol. The van der Waals surface area contributed by atoms with Gasteiger partial charge in [-0.15, -0.1) is 0 Å². The molecule has 2 rings (SSSR count). The van der Waals surface area contributed by atoms with E-state index in [0.717, 1.165) is 5.56 Å². The molecule has 2 aromatic carbocycles. The highest BCUT2D eigenvalue weighted by Gasteiger charge is 2.16. The Morgan fingerprint density at radius 3 is 2.58 bits per heavy atom. The van der Waals surface area contributed by atoms with Crippen LogP contribution < -0.4 is 10.0 Å². The van der Waals surface area contributed by atoms with Crippen molar-refractivity contribution in [2.75, 3.05) is 26.0 Å². The van der Waals surface area contributed by atoms with Gasteiger partial charge < -0.3 is 5.32 Å². The quantitative estimate of drug-likeness (QED) is 0.772. The third-order valence-corrected chi connectivity index (χ3v) is 5.34. The number of rotatable bonds is 7. The number of amides is 1.